The third-order valence-corrected chi connectivity index (χ3v) is 2.12. The molecular weight excluding hydrogens is 214 g/mol. The van der Waals surface area contributed by atoms with Crippen LogP contribution >= 0.6 is 0 Å². The summed E-state index contributed by atoms with van der Waals surface area (Å²) in [5.41, 5.74) is -1.09. The molecule has 82 valence electrons. The Morgan fingerprint density at radius 3 is 2.69 bits per heavy atom. The summed E-state index contributed by atoms with van der Waals surface area (Å²) in [4.78, 5) is 41.2. The molecule has 0 aliphatic heterocycles. The summed E-state index contributed by atoms with van der Waals surface area (Å²) in [6, 6.07) is 1.28. The van der Waals surface area contributed by atoms with Crippen molar-refractivity contribution >= 4 is 17.0 Å². The summed E-state index contributed by atoms with van der Waals surface area (Å²) in [6.45, 7) is 1.57. The highest BCUT2D eigenvalue weighted by atomic mass is 16.4. The number of pyridine rings is 1. The van der Waals surface area contributed by atoms with E-state index in [4.69, 9.17) is 5.11 Å². The Balaban J connectivity index is 2.98. The van der Waals surface area contributed by atoms with E-state index in [2.05, 4.69) is 9.97 Å². The first-order valence-corrected chi connectivity index (χ1v) is 4.36. The fourth-order valence-electron chi connectivity index (χ4n) is 1.46. The molecule has 7 nitrogen and oxygen atoms in total. The smallest absolute Gasteiger partial charge is 0.354 e. The van der Waals surface area contributed by atoms with Crippen molar-refractivity contribution in [1.29, 1.82) is 0 Å². The zero-order valence-electron chi connectivity index (χ0n) is 8.20. The van der Waals surface area contributed by atoms with Crippen molar-refractivity contribution in [2.75, 3.05) is 0 Å². The van der Waals surface area contributed by atoms with Crippen LogP contribution in [0.25, 0.3) is 11.0 Å². The van der Waals surface area contributed by atoms with Crippen molar-refractivity contribution in [1.82, 2.24) is 15.0 Å². The number of aromatic carboxylic acids is 1. The lowest BCUT2D eigenvalue weighted by atomic mass is 10.2. The van der Waals surface area contributed by atoms with E-state index in [1.54, 1.807) is 6.92 Å². The summed E-state index contributed by atoms with van der Waals surface area (Å²) in [7, 11) is 0. The van der Waals surface area contributed by atoms with E-state index in [0.717, 1.165) is 0 Å². The quantitative estimate of drug-likeness (QED) is 0.606. The number of hydrogen-bond donors (Lipinski definition) is 3. The van der Waals surface area contributed by atoms with Crippen molar-refractivity contribution < 1.29 is 9.90 Å². The van der Waals surface area contributed by atoms with Gasteiger partial charge in [0, 0.05) is 0 Å². The Morgan fingerprint density at radius 1 is 1.38 bits per heavy atom. The first kappa shape index (κ1) is 10.1. The van der Waals surface area contributed by atoms with Crippen LogP contribution in [0.4, 0.5) is 0 Å². The molecule has 3 N–H and O–H groups in total. The number of rotatable bonds is 1. The third kappa shape index (κ3) is 1.48. The zero-order chi connectivity index (χ0) is 11.9. The molecule has 0 atom stereocenters. The van der Waals surface area contributed by atoms with E-state index < -0.39 is 17.2 Å². The number of H-pyrrole nitrogens is 2. The van der Waals surface area contributed by atoms with E-state index in [1.165, 1.54) is 6.07 Å². The molecule has 0 saturated heterocycles. The number of aromatic amines is 2. The number of carboxylic acid groups (broad SMARTS) is 1. The molecule has 2 heterocycles. The Hall–Kier alpha value is -2.44. The van der Waals surface area contributed by atoms with Gasteiger partial charge < -0.3 is 5.11 Å². The maximum atomic E-state index is 11.4. The summed E-state index contributed by atoms with van der Waals surface area (Å²) in [5.74, 6) is -1.22. The highest BCUT2D eigenvalue weighted by Crippen LogP contribution is 2.10. The number of nitrogens with zero attached hydrogens (tertiary/aromatic N) is 1. The lowest BCUT2D eigenvalue weighted by Crippen LogP contribution is -2.23. The summed E-state index contributed by atoms with van der Waals surface area (Å²) >= 11 is 0. The minimum Gasteiger partial charge on any atom is -0.477 e. The van der Waals surface area contributed by atoms with Crippen LogP contribution in [0.15, 0.2) is 15.7 Å². The number of carbonyl (C=O) groups is 1. The van der Waals surface area contributed by atoms with Crippen LogP contribution in [0.5, 0.6) is 0 Å². The van der Waals surface area contributed by atoms with Crippen LogP contribution in [-0.2, 0) is 0 Å². The van der Waals surface area contributed by atoms with Gasteiger partial charge >= 0.3 is 11.7 Å². The van der Waals surface area contributed by atoms with E-state index in [1.807, 2.05) is 4.98 Å². The molecule has 0 bridgehead atoms. The van der Waals surface area contributed by atoms with Gasteiger partial charge in [0.05, 0.1) is 5.39 Å². The maximum Gasteiger partial charge on any atom is 0.354 e. The normalized spacial score (nSPS) is 10.6. The van der Waals surface area contributed by atoms with Crippen LogP contribution in [0.3, 0.4) is 0 Å². The second-order valence-corrected chi connectivity index (χ2v) is 3.26. The molecule has 0 aliphatic rings. The van der Waals surface area contributed by atoms with Gasteiger partial charge in [0.25, 0.3) is 5.56 Å². The lowest BCUT2D eigenvalue weighted by Gasteiger charge is -2.01. The highest BCUT2D eigenvalue weighted by molar-refractivity contribution is 5.89. The molecule has 0 amide bonds. The Kier molecular flexibility index (Phi) is 2.08. The molecule has 2 rings (SSSR count). The predicted molar refractivity (Wildman–Crippen MR) is 54.7 cm³/mol. The van der Waals surface area contributed by atoms with E-state index in [-0.39, 0.29) is 16.7 Å². The minimum atomic E-state index is -1.22. The number of nitrogens with one attached hydrogen (secondary N) is 2. The standard InChI is InChI=1S/C9H7N3O4/c1-3-2-4(8(14)15)10-6-5(3)7(13)12-9(16)11-6/h2H,1H3,(H,14,15)(H2,10,11,12,13,16). The van der Waals surface area contributed by atoms with Crippen molar-refractivity contribution in [2.45, 2.75) is 6.92 Å². The topological polar surface area (TPSA) is 116 Å². The third-order valence-electron chi connectivity index (χ3n) is 2.12. The number of carboxylic acids is 1. The number of aryl methyl sites for hydroxylation is 1. The number of hydrogen-bond acceptors (Lipinski definition) is 4. The van der Waals surface area contributed by atoms with Gasteiger partial charge in [-0.1, -0.05) is 0 Å². The van der Waals surface area contributed by atoms with Gasteiger partial charge in [-0.05, 0) is 18.6 Å². The molecule has 2 aromatic heterocycles. The minimum absolute atomic E-state index is 0.0221. The van der Waals surface area contributed by atoms with Crippen molar-refractivity contribution in [3.8, 4) is 0 Å². The molecule has 16 heavy (non-hydrogen) atoms. The average molecular weight is 221 g/mol. The highest BCUT2D eigenvalue weighted by Gasteiger charge is 2.11. The molecule has 0 aliphatic carbocycles. The van der Waals surface area contributed by atoms with Gasteiger partial charge in [-0.15, -0.1) is 0 Å². The fourth-order valence-corrected chi connectivity index (χ4v) is 1.46. The van der Waals surface area contributed by atoms with E-state index in [0.29, 0.717) is 5.56 Å². The van der Waals surface area contributed by atoms with Crippen LogP contribution in [0.2, 0.25) is 0 Å². The first-order valence-electron chi connectivity index (χ1n) is 4.36. The van der Waals surface area contributed by atoms with Gasteiger partial charge in [0.15, 0.2) is 5.69 Å². The lowest BCUT2D eigenvalue weighted by molar-refractivity contribution is 0.0690. The van der Waals surface area contributed by atoms with E-state index >= 15 is 0 Å². The fraction of sp³-hybridized carbons (Fsp3) is 0.111. The molecule has 0 aromatic carbocycles. The van der Waals surface area contributed by atoms with Gasteiger partial charge in [-0.25, -0.2) is 14.6 Å². The Bertz CT molecular complexity index is 698. The Morgan fingerprint density at radius 2 is 2.06 bits per heavy atom. The van der Waals surface area contributed by atoms with E-state index in [9.17, 15) is 14.4 Å². The first-order chi connectivity index (χ1) is 7.49. The van der Waals surface area contributed by atoms with Gasteiger partial charge in [-0.3, -0.25) is 14.8 Å². The largest absolute Gasteiger partial charge is 0.477 e. The number of aromatic nitrogens is 3. The van der Waals surface area contributed by atoms with Gasteiger partial charge in [-0.2, -0.15) is 0 Å². The van der Waals surface area contributed by atoms with Crippen LogP contribution < -0.4 is 11.2 Å². The molecular formula is C9H7N3O4. The van der Waals surface area contributed by atoms with Crippen LogP contribution in [-0.4, -0.2) is 26.0 Å². The average Bonchev–Trinajstić information content (AvgIpc) is 2.15. The summed E-state index contributed by atoms with van der Waals surface area (Å²) in [6.07, 6.45) is 0. The maximum absolute atomic E-state index is 11.4. The molecule has 7 heteroatoms. The number of fused-ring (bicyclic) bond motifs is 1. The van der Waals surface area contributed by atoms with Crippen LogP contribution in [0.1, 0.15) is 16.1 Å². The molecule has 0 radical (unpaired) electrons. The van der Waals surface area contributed by atoms with Crippen molar-refractivity contribution in [2.24, 2.45) is 0 Å². The second-order valence-electron chi connectivity index (χ2n) is 3.26. The molecule has 0 unspecified atom stereocenters. The summed E-state index contributed by atoms with van der Waals surface area (Å²) in [5, 5.41) is 8.95. The van der Waals surface area contributed by atoms with Crippen LogP contribution in [0, 0.1) is 6.92 Å². The van der Waals surface area contributed by atoms with Gasteiger partial charge in [0.2, 0.25) is 0 Å². The Labute approximate surface area is 87.8 Å². The molecule has 0 saturated carbocycles. The van der Waals surface area contributed by atoms with Crippen molar-refractivity contribution in [3.05, 3.63) is 38.2 Å². The molecule has 2 aromatic rings. The molecule has 0 spiro atoms. The van der Waals surface area contributed by atoms with Crippen molar-refractivity contribution in [3.63, 3.8) is 0 Å². The summed E-state index contributed by atoms with van der Waals surface area (Å²) < 4.78 is 0. The zero-order valence-corrected chi connectivity index (χ0v) is 8.20. The second kappa shape index (κ2) is 3.30. The monoisotopic (exact) mass is 221 g/mol. The molecule has 0 fully saturated rings. The van der Waals surface area contributed by atoms with Gasteiger partial charge in [0.1, 0.15) is 5.65 Å². The predicted octanol–water partition coefficient (Wildman–Crippen LogP) is -0.382. The SMILES string of the molecule is Cc1cc(C(=O)O)nc2[nH]c(=O)[nH]c(=O)c12.